The minimum atomic E-state index is -0.899. The van der Waals surface area contributed by atoms with Gasteiger partial charge >= 0.3 is 5.97 Å². The Balaban J connectivity index is 2.59. The summed E-state index contributed by atoms with van der Waals surface area (Å²) in [7, 11) is 0. The van der Waals surface area contributed by atoms with Gasteiger partial charge in [-0.1, -0.05) is 24.3 Å². The second-order valence-corrected chi connectivity index (χ2v) is 4.79. The smallest absolute Gasteiger partial charge is 0.337 e. The molecule has 0 saturated heterocycles. The summed E-state index contributed by atoms with van der Waals surface area (Å²) in [5.41, 5.74) is 4.50. The molecular weight excluding hydrogens is 250 g/mol. The van der Waals surface area contributed by atoms with Crippen LogP contribution < -0.4 is 4.90 Å². The van der Waals surface area contributed by atoms with Crippen molar-refractivity contribution in [3.05, 3.63) is 59.2 Å². The fourth-order valence-electron chi connectivity index (χ4n) is 2.39. The summed E-state index contributed by atoms with van der Waals surface area (Å²) >= 11 is 0. The molecular formula is C17H19NO2. The van der Waals surface area contributed by atoms with E-state index in [-0.39, 0.29) is 0 Å². The molecule has 104 valence electrons. The van der Waals surface area contributed by atoms with Crippen molar-refractivity contribution in [3.8, 4) is 0 Å². The number of hydrogen-bond donors (Lipinski definition) is 1. The fourth-order valence-corrected chi connectivity index (χ4v) is 2.39. The summed E-state index contributed by atoms with van der Waals surface area (Å²) in [6.07, 6.45) is 0. The van der Waals surface area contributed by atoms with E-state index in [0.717, 1.165) is 11.4 Å². The molecule has 3 nitrogen and oxygen atoms in total. The molecule has 0 radical (unpaired) electrons. The second kappa shape index (κ2) is 5.78. The number of nitrogens with zero attached hydrogens (tertiary/aromatic N) is 1. The van der Waals surface area contributed by atoms with Crippen molar-refractivity contribution in [2.45, 2.75) is 20.8 Å². The molecule has 2 aromatic carbocycles. The van der Waals surface area contributed by atoms with Gasteiger partial charge in [0.15, 0.2) is 0 Å². The Bertz CT molecular complexity index is 635. The summed E-state index contributed by atoms with van der Waals surface area (Å²) in [4.78, 5) is 13.4. The maximum Gasteiger partial charge on any atom is 0.337 e. The summed E-state index contributed by atoms with van der Waals surface area (Å²) in [5.74, 6) is -0.899. The normalized spacial score (nSPS) is 10.3. The first-order valence-corrected chi connectivity index (χ1v) is 6.72. The van der Waals surface area contributed by atoms with Crippen LogP contribution in [0.15, 0.2) is 42.5 Å². The molecule has 1 N–H and O–H groups in total. The van der Waals surface area contributed by atoms with Gasteiger partial charge in [0.05, 0.1) is 11.3 Å². The monoisotopic (exact) mass is 269 g/mol. The van der Waals surface area contributed by atoms with Crippen LogP contribution >= 0.6 is 0 Å². The van der Waals surface area contributed by atoms with Crippen LogP contribution in [0.4, 0.5) is 11.4 Å². The number of benzene rings is 2. The molecule has 0 fully saturated rings. The molecule has 0 aliphatic carbocycles. The van der Waals surface area contributed by atoms with Crippen molar-refractivity contribution in [1.29, 1.82) is 0 Å². The Labute approximate surface area is 119 Å². The number of carboxylic acid groups (broad SMARTS) is 1. The topological polar surface area (TPSA) is 40.5 Å². The van der Waals surface area contributed by atoms with Gasteiger partial charge in [-0.05, 0) is 50.1 Å². The Morgan fingerprint density at radius 2 is 1.70 bits per heavy atom. The molecule has 0 saturated carbocycles. The number of aryl methyl sites for hydroxylation is 1. The van der Waals surface area contributed by atoms with E-state index in [0.29, 0.717) is 12.1 Å². The van der Waals surface area contributed by atoms with Crippen LogP contribution in [0.5, 0.6) is 0 Å². The molecule has 0 unspecified atom stereocenters. The minimum absolute atomic E-state index is 0.329. The highest BCUT2D eigenvalue weighted by Crippen LogP contribution is 2.31. The molecule has 0 aromatic heterocycles. The SMILES string of the molecule is CCN(c1ccccc1C(=O)O)c1cccc(C)c1C. The number of carboxylic acids is 1. The number of rotatable bonds is 4. The second-order valence-electron chi connectivity index (χ2n) is 4.79. The van der Waals surface area contributed by atoms with Gasteiger partial charge in [-0.3, -0.25) is 0 Å². The molecule has 2 rings (SSSR count). The van der Waals surface area contributed by atoms with Gasteiger partial charge in [-0.25, -0.2) is 4.79 Å². The molecule has 0 heterocycles. The van der Waals surface area contributed by atoms with E-state index in [1.165, 1.54) is 11.1 Å². The largest absolute Gasteiger partial charge is 0.478 e. The third kappa shape index (κ3) is 2.52. The van der Waals surface area contributed by atoms with Crippen LogP contribution in [-0.2, 0) is 0 Å². The van der Waals surface area contributed by atoms with E-state index in [2.05, 4.69) is 19.9 Å². The maximum absolute atomic E-state index is 11.4. The van der Waals surface area contributed by atoms with Gasteiger partial charge in [0.2, 0.25) is 0 Å². The van der Waals surface area contributed by atoms with Gasteiger partial charge in [-0.2, -0.15) is 0 Å². The lowest BCUT2D eigenvalue weighted by molar-refractivity contribution is 0.0697. The number of para-hydroxylation sites is 1. The molecule has 2 aromatic rings. The lowest BCUT2D eigenvalue weighted by Crippen LogP contribution is -2.20. The fraction of sp³-hybridized carbons (Fsp3) is 0.235. The molecule has 0 aliphatic heterocycles. The highest BCUT2D eigenvalue weighted by Gasteiger charge is 2.17. The number of anilines is 2. The van der Waals surface area contributed by atoms with Crippen LogP contribution in [0.1, 0.15) is 28.4 Å². The predicted octanol–water partition coefficient (Wildman–Crippen LogP) is 4.16. The zero-order chi connectivity index (χ0) is 14.7. The molecule has 20 heavy (non-hydrogen) atoms. The van der Waals surface area contributed by atoms with Gasteiger partial charge in [0.25, 0.3) is 0 Å². The quantitative estimate of drug-likeness (QED) is 0.906. The first kappa shape index (κ1) is 14.1. The van der Waals surface area contributed by atoms with Crippen LogP contribution in [0.25, 0.3) is 0 Å². The summed E-state index contributed by atoms with van der Waals surface area (Å²) < 4.78 is 0. The summed E-state index contributed by atoms with van der Waals surface area (Å²) in [6.45, 7) is 6.88. The Hall–Kier alpha value is -2.29. The van der Waals surface area contributed by atoms with Crippen molar-refractivity contribution < 1.29 is 9.90 Å². The Kier molecular flexibility index (Phi) is 4.08. The molecule has 3 heteroatoms. The van der Waals surface area contributed by atoms with Crippen LogP contribution in [0.3, 0.4) is 0 Å². The zero-order valence-corrected chi connectivity index (χ0v) is 12.1. The van der Waals surface area contributed by atoms with Crippen molar-refractivity contribution in [2.75, 3.05) is 11.4 Å². The predicted molar refractivity (Wildman–Crippen MR) is 82.0 cm³/mol. The van der Waals surface area contributed by atoms with Gasteiger partial charge in [0, 0.05) is 12.2 Å². The van der Waals surface area contributed by atoms with Gasteiger partial charge in [0.1, 0.15) is 0 Å². The standard InChI is InChI=1S/C17H19NO2/c1-4-18(15-11-7-8-12(2)13(15)3)16-10-6-5-9-14(16)17(19)20/h5-11H,4H2,1-3H3,(H,19,20). The average Bonchev–Trinajstić information content (AvgIpc) is 2.44. The zero-order valence-electron chi connectivity index (χ0n) is 12.1. The Morgan fingerprint density at radius 3 is 2.35 bits per heavy atom. The number of carbonyl (C=O) groups is 1. The van der Waals surface area contributed by atoms with E-state index in [9.17, 15) is 9.90 Å². The lowest BCUT2D eigenvalue weighted by atomic mass is 10.1. The maximum atomic E-state index is 11.4. The first-order chi connectivity index (χ1) is 9.56. The number of aromatic carboxylic acids is 1. The minimum Gasteiger partial charge on any atom is -0.478 e. The molecule has 0 aliphatic rings. The molecule has 0 amide bonds. The van der Waals surface area contributed by atoms with E-state index in [4.69, 9.17) is 0 Å². The first-order valence-electron chi connectivity index (χ1n) is 6.72. The van der Waals surface area contributed by atoms with E-state index in [1.54, 1.807) is 12.1 Å². The lowest BCUT2D eigenvalue weighted by Gasteiger charge is -2.27. The van der Waals surface area contributed by atoms with Crippen molar-refractivity contribution in [2.24, 2.45) is 0 Å². The van der Waals surface area contributed by atoms with Crippen molar-refractivity contribution >= 4 is 17.3 Å². The average molecular weight is 269 g/mol. The summed E-state index contributed by atoms with van der Waals surface area (Å²) in [6, 6.07) is 13.2. The summed E-state index contributed by atoms with van der Waals surface area (Å²) in [5, 5.41) is 9.35. The van der Waals surface area contributed by atoms with E-state index < -0.39 is 5.97 Å². The number of hydrogen-bond acceptors (Lipinski definition) is 2. The third-order valence-electron chi connectivity index (χ3n) is 3.61. The highest BCUT2D eigenvalue weighted by molar-refractivity contribution is 5.95. The van der Waals surface area contributed by atoms with Crippen LogP contribution in [0.2, 0.25) is 0 Å². The molecule has 0 atom stereocenters. The van der Waals surface area contributed by atoms with Gasteiger partial charge < -0.3 is 10.0 Å². The van der Waals surface area contributed by atoms with Crippen molar-refractivity contribution in [3.63, 3.8) is 0 Å². The van der Waals surface area contributed by atoms with Gasteiger partial charge in [-0.15, -0.1) is 0 Å². The Morgan fingerprint density at radius 1 is 1.05 bits per heavy atom. The third-order valence-corrected chi connectivity index (χ3v) is 3.61. The highest BCUT2D eigenvalue weighted by atomic mass is 16.4. The van der Waals surface area contributed by atoms with Crippen LogP contribution in [0, 0.1) is 13.8 Å². The van der Waals surface area contributed by atoms with E-state index >= 15 is 0 Å². The van der Waals surface area contributed by atoms with Crippen LogP contribution in [-0.4, -0.2) is 17.6 Å². The van der Waals surface area contributed by atoms with Crippen molar-refractivity contribution in [1.82, 2.24) is 0 Å². The molecule has 0 spiro atoms. The molecule has 0 bridgehead atoms. The van der Waals surface area contributed by atoms with E-state index in [1.807, 2.05) is 36.1 Å².